The minimum absolute atomic E-state index is 0. The van der Waals surface area contributed by atoms with Gasteiger partial charge in [0.25, 0.3) is 0 Å². The summed E-state index contributed by atoms with van der Waals surface area (Å²) < 4.78 is 0. The molecule has 76 valence electrons. The van der Waals surface area contributed by atoms with E-state index in [2.05, 4.69) is 30.5 Å². The van der Waals surface area contributed by atoms with Gasteiger partial charge in [-0.05, 0) is 10.9 Å². The molecule has 1 aromatic rings. The first-order valence-corrected chi connectivity index (χ1v) is 5.49. The van der Waals surface area contributed by atoms with Gasteiger partial charge >= 0.3 is 2.85 Å². The fourth-order valence-corrected chi connectivity index (χ4v) is 3.15. The Kier molecular flexibility index (Phi) is 10.5. The minimum atomic E-state index is 0. The highest BCUT2D eigenvalue weighted by Crippen LogP contribution is 2.24. The van der Waals surface area contributed by atoms with E-state index in [-0.39, 0.29) is 74.8 Å². The quantitative estimate of drug-likeness (QED) is 0.230. The van der Waals surface area contributed by atoms with E-state index >= 15 is 0 Å². The van der Waals surface area contributed by atoms with E-state index in [1.807, 2.05) is 0 Å². The monoisotopic (exact) mass is 534 g/mol. The van der Waals surface area contributed by atoms with Crippen molar-refractivity contribution in [2.24, 2.45) is 0 Å². The average molecular weight is 534 g/mol. The molecule has 0 bridgehead atoms. The van der Waals surface area contributed by atoms with Crippen LogP contribution in [0.3, 0.4) is 0 Å². The lowest BCUT2D eigenvalue weighted by molar-refractivity contribution is -0.00100. The van der Waals surface area contributed by atoms with Crippen LogP contribution in [0.15, 0.2) is 24.3 Å². The third-order valence-corrected chi connectivity index (χ3v) is 3.53. The summed E-state index contributed by atoms with van der Waals surface area (Å²) in [6.45, 7) is 0. The van der Waals surface area contributed by atoms with E-state index in [1.165, 1.54) is 11.5 Å². The molecule has 0 amide bonds. The number of rotatable bonds is 0. The molecule has 0 spiro atoms. The molecule has 4 heteroatoms. The van der Waals surface area contributed by atoms with Crippen molar-refractivity contribution >= 4 is 10.9 Å². The molecule has 0 unspecified atom stereocenters. The van der Waals surface area contributed by atoms with Gasteiger partial charge in [0.1, 0.15) is 11.5 Å². The zero-order valence-corrected chi connectivity index (χ0v) is 14.6. The number of benzene rings is 1. The van der Waals surface area contributed by atoms with Crippen molar-refractivity contribution in [1.29, 1.82) is 0 Å². The van der Waals surface area contributed by atoms with E-state index in [0.29, 0.717) is 10.9 Å². The molecule has 0 saturated carbocycles. The lowest BCUT2D eigenvalue weighted by Gasteiger charge is -1.88. The number of hydrogen-bond acceptors (Lipinski definition) is 0. The summed E-state index contributed by atoms with van der Waals surface area (Å²) in [5.74, 6) is 2.63. The predicted octanol–water partition coefficient (Wildman–Crippen LogP) is -6.81. The van der Waals surface area contributed by atoms with Crippen LogP contribution in [0.5, 0.6) is 0 Å². The van der Waals surface area contributed by atoms with Crippen molar-refractivity contribution in [2.75, 3.05) is 6.26 Å². The van der Waals surface area contributed by atoms with Crippen LogP contribution in [-0.2, 0) is 22.4 Å². The number of hydrogen-bond donors (Lipinski definition) is 0. The van der Waals surface area contributed by atoms with Gasteiger partial charge in [-0.3, -0.25) is 0 Å². The van der Waals surface area contributed by atoms with Crippen molar-refractivity contribution in [3.63, 3.8) is 0 Å². The first kappa shape index (κ1) is 17.2. The van der Waals surface area contributed by atoms with Crippen LogP contribution in [0.2, 0.25) is 0 Å². The number of halogens is 3. The van der Waals surface area contributed by atoms with E-state index in [9.17, 15) is 0 Å². The van der Waals surface area contributed by atoms with Gasteiger partial charge in [0.15, 0.2) is 0 Å². The summed E-state index contributed by atoms with van der Waals surface area (Å²) in [5, 5.41) is 0. The SMILES string of the molecule is C[S+]1Cc2ccccc2C1.[H+].[H+].[I-].[I-].[I-]. The second-order valence-corrected chi connectivity index (χ2v) is 4.98. The Labute approximate surface area is 137 Å². The van der Waals surface area contributed by atoms with Crippen molar-refractivity contribution in [3.05, 3.63) is 35.4 Å². The maximum atomic E-state index is 2.35. The first-order chi connectivity index (χ1) is 4.86. The van der Waals surface area contributed by atoms with Gasteiger partial charge in [0.05, 0.1) is 6.26 Å². The molecular weight excluding hydrogens is 521 g/mol. The maximum Gasteiger partial charge on any atom is 1.00 e. The fraction of sp³-hybridized carbons (Fsp3) is 0.333. The minimum Gasteiger partial charge on any atom is -1.00 e. The molecule has 0 aromatic heterocycles. The second-order valence-electron chi connectivity index (χ2n) is 2.84. The normalized spacial score (nSPS) is 13.3. The third-order valence-electron chi connectivity index (χ3n) is 1.92. The Morgan fingerprint density at radius 1 is 1.00 bits per heavy atom. The summed E-state index contributed by atoms with van der Waals surface area (Å²) in [7, 11) is 0.631. The molecule has 2 rings (SSSR count). The van der Waals surface area contributed by atoms with E-state index < -0.39 is 0 Å². The molecule has 0 saturated heterocycles. The predicted molar refractivity (Wildman–Crippen MR) is 49.4 cm³/mol. The average Bonchev–Trinajstić information content (AvgIpc) is 2.27. The molecule has 0 fully saturated rings. The molecule has 1 aliphatic heterocycles. The largest absolute Gasteiger partial charge is 1.00 e. The third kappa shape index (κ3) is 4.42. The lowest BCUT2D eigenvalue weighted by Crippen LogP contribution is -3.00. The Morgan fingerprint density at radius 3 is 1.77 bits per heavy atom. The van der Waals surface area contributed by atoms with Crippen LogP contribution in [0, 0.1) is 0 Å². The maximum absolute atomic E-state index is 2.35. The highest BCUT2D eigenvalue weighted by atomic mass is 127. The second kappa shape index (κ2) is 7.98. The first-order valence-electron chi connectivity index (χ1n) is 3.52. The van der Waals surface area contributed by atoms with Crippen LogP contribution in [0.4, 0.5) is 0 Å². The van der Waals surface area contributed by atoms with Crippen LogP contribution in [0.1, 0.15) is 14.0 Å². The molecule has 0 atom stereocenters. The topological polar surface area (TPSA) is 0 Å². The van der Waals surface area contributed by atoms with Crippen LogP contribution < -0.4 is 71.9 Å². The fourth-order valence-electron chi connectivity index (χ4n) is 1.42. The Hall–Kier alpha value is 1.76. The Morgan fingerprint density at radius 2 is 1.38 bits per heavy atom. The smallest absolute Gasteiger partial charge is 1.00 e. The summed E-state index contributed by atoms with van der Waals surface area (Å²) in [6, 6.07) is 8.79. The Bertz CT molecular complexity index is 236. The molecule has 0 N–H and O–H groups in total. The van der Waals surface area contributed by atoms with Gasteiger partial charge < -0.3 is 71.9 Å². The highest BCUT2D eigenvalue weighted by molar-refractivity contribution is 7.95. The Balaban J connectivity index is -0.000000121. The van der Waals surface area contributed by atoms with E-state index in [4.69, 9.17) is 0 Å². The lowest BCUT2D eigenvalue weighted by atomic mass is 10.1. The molecule has 0 radical (unpaired) electrons. The van der Waals surface area contributed by atoms with Gasteiger partial charge in [0, 0.05) is 11.1 Å². The summed E-state index contributed by atoms with van der Waals surface area (Å²) in [4.78, 5) is 0. The van der Waals surface area contributed by atoms with Crippen LogP contribution >= 0.6 is 0 Å². The standard InChI is InChI=1S/C9H11S.3HI/c1-10-6-8-4-2-3-5-9(8)7-10;;;/h2-5H,6-7H2,1H3;3*1H/q+1;;;/p-1. The van der Waals surface area contributed by atoms with Gasteiger partial charge in [-0.1, -0.05) is 24.3 Å². The van der Waals surface area contributed by atoms with Crippen LogP contribution in [-0.4, -0.2) is 6.26 Å². The van der Waals surface area contributed by atoms with Crippen molar-refractivity contribution in [3.8, 4) is 0 Å². The van der Waals surface area contributed by atoms with Gasteiger partial charge in [-0.2, -0.15) is 0 Å². The number of fused-ring (bicyclic) bond motifs is 1. The van der Waals surface area contributed by atoms with E-state index in [0.717, 1.165) is 0 Å². The zero-order valence-electron chi connectivity index (χ0n) is 9.27. The molecule has 0 nitrogen and oxygen atoms in total. The van der Waals surface area contributed by atoms with Crippen molar-refractivity contribution in [2.45, 2.75) is 11.5 Å². The van der Waals surface area contributed by atoms with Crippen molar-refractivity contribution in [1.82, 2.24) is 0 Å². The van der Waals surface area contributed by atoms with E-state index in [1.54, 1.807) is 11.1 Å². The summed E-state index contributed by atoms with van der Waals surface area (Å²) in [6.07, 6.45) is 2.35. The summed E-state index contributed by atoms with van der Waals surface area (Å²) >= 11 is 0. The molecule has 0 aliphatic carbocycles. The molecule has 1 heterocycles. The van der Waals surface area contributed by atoms with Gasteiger partial charge in [-0.25, -0.2) is 0 Å². The van der Waals surface area contributed by atoms with Crippen LogP contribution in [0.25, 0.3) is 0 Å². The van der Waals surface area contributed by atoms with Gasteiger partial charge in [-0.15, -0.1) is 0 Å². The molecule has 1 aliphatic rings. The molecule has 13 heavy (non-hydrogen) atoms. The molecular formula is C9H13I3S. The summed E-state index contributed by atoms with van der Waals surface area (Å²) in [5.41, 5.74) is 3.15. The molecule has 1 aromatic carbocycles. The van der Waals surface area contributed by atoms with Gasteiger partial charge in [0.2, 0.25) is 0 Å². The highest BCUT2D eigenvalue weighted by Gasteiger charge is 2.23. The van der Waals surface area contributed by atoms with Crippen molar-refractivity contribution < 1.29 is 74.8 Å². The zero-order chi connectivity index (χ0) is 6.97.